The highest BCUT2D eigenvalue weighted by Crippen LogP contribution is 2.28. The molecule has 0 unspecified atom stereocenters. The molecule has 30 heavy (non-hydrogen) atoms. The maximum Gasteiger partial charge on any atom is 0.326 e. The molecule has 1 saturated heterocycles. The number of amides is 4. The topological polar surface area (TPSA) is 114 Å². The van der Waals surface area contributed by atoms with Gasteiger partial charge in [0.05, 0.1) is 7.11 Å². The number of carbonyl (C=O) groups is 4. The number of benzene rings is 2. The number of urea groups is 1. The van der Waals surface area contributed by atoms with Gasteiger partial charge in [-0.25, -0.2) is 4.79 Å². The summed E-state index contributed by atoms with van der Waals surface area (Å²) in [4.78, 5) is 49.9. The van der Waals surface area contributed by atoms with Gasteiger partial charge in [0.2, 0.25) is 0 Å². The normalized spacial score (nSPS) is 18.0. The predicted molar refractivity (Wildman–Crippen MR) is 107 cm³/mol. The van der Waals surface area contributed by atoms with Crippen molar-refractivity contribution >= 4 is 29.5 Å². The highest BCUT2D eigenvalue weighted by atomic mass is 16.5. The van der Waals surface area contributed by atoms with E-state index in [1.165, 1.54) is 7.11 Å². The fraction of sp³-hybridized carbons (Fsp3) is 0.238. The molecule has 2 aromatic carbocycles. The number of ether oxygens (including phenoxy) is 2. The van der Waals surface area contributed by atoms with Crippen LogP contribution in [-0.4, -0.2) is 49.0 Å². The van der Waals surface area contributed by atoms with Gasteiger partial charge in [0.15, 0.2) is 6.61 Å². The fourth-order valence-corrected chi connectivity index (χ4v) is 3.03. The van der Waals surface area contributed by atoms with Gasteiger partial charge in [-0.2, -0.15) is 0 Å². The number of nitrogens with zero attached hydrogens (tertiary/aromatic N) is 1. The number of rotatable bonds is 7. The maximum absolute atomic E-state index is 12.8. The Morgan fingerprint density at radius 1 is 1.10 bits per heavy atom. The average molecular weight is 411 g/mol. The van der Waals surface area contributed by atoms with Crippen LogP contribution in [0, 0.1) is 0 Å². The average Bonchev–Trinajstić information content (AvgIpc) is 2.97. The molecule has 0 bridgehead atoms. The van der Waals surface area contributed by atoms with Gasteiger partial charge in [-0.05, 0) is 24.6 Å². The van der Waals surface area contributed by atoms with Crippen LogP contribution in [0.1, 0.15) is 12.5 Å². The van der Waals surface area contributed by atoms with Crippen molar-refractivity contribution in [2.45, 2.75) is 12.5 Å². The molecule has 0 radical (unpaired) electrons. The molecule has 1 aliphatic heterocycles. The zero-order chi connectivity index (χ0) is 21.7. The molecule has 0 saturated carbocycles. The van der Waals surface area contributed by atoms with E-state index in [1.54, 1.807) is 61.5 Å². The molecule has 2 aromatic rings. The highest BCUT2D eigenvalue weighted by molar-refractivity contribution is 6.09. The molecule has 0 spiro atoms. The molecule has 1 fully saturated rings. The summed E-state index contributed by atoms with van der Waals surface area (Å²) in [6.07, 6.45) is 0. The summed E-state index contributed by atoms with van der Waals surface area (Å²) < 4.78 is 9.97. The minimum Gasteiger partial charge on any atom is -0.497 e. The molecular formula is C21H21N3O6. The van der Waals surface area contributed by atoms with Crippen LogP contribution in [0.5, 0.6) is 5.75 Å². The van der Waals surface area contributed by atoms with E-state index in [2.05, 4.69) is 10.6 Å². The van der Waals surface area contributed by atoms with E-state index in [0.29, 0.717) is 17.0 Å². The van der Waals surface area contributed by atoms with Crippen LogP contribution in [0.3, 0.4) is 0 Å². The lowest BCUT2D eigenvalue weighted by Crippen LogP contribution is -2.41. The van der Waals surface area contributed by atoms with Crippen LogP contribution >= 0.6 is 0 Å². The van der Waals surface area contributed by atoms with Crippen LogP contribution in [0.15, 0.2) is 54.6 Å². The number of esters is 1. The van der Waals surface area contributed by atoms with Gasteiger partial charge in [0, 0.05) is 11.8 Å². The van der Waals surface area contributed by atoms with Crippen molar-refractivity contribution in [3.05, 3.63) is 60.2 Å². The first kappa shape index (κ1) is 20.8. The first-order valence-electron chi connectivity index (χ1n) is 9.12. The van der Waals surface area contributed by atoms with Crippen molar-refractivity contribution in [1.29, 1.82) is 0 Å². The van der Waals surface area contributed by atoms with E-state index >= 15 is 0 Å². The third-order valence-corrected chi connectivity index (χ3v) is 4.63. The Kier molecular flexibility index (Phi) is 6.01. The molecule has 0 aliphatic carbocycles. The van der Waals surface area contributed by atoms with Crippen molar-refractivity contribution < 1.29 is 28.7 Å². The van der Waals surface area contributed by atoms with Crippen molar-refractivity contribution in [3.63, 3.8) is 0 Å². The maximum atomic E-state index is 12.8. The van der Waals surface area contributed by atoms with Crippen LogP contribution in [0.2, 0.25) is 0 Å². The molecule has 1 heterocycles. The van der Waals surface area contributed by atoms with Crippen LogP contribution in [0.25, 0.3) is 0 Å². The predicted octanol–water partition coefficient (Wildman–Crippen LogP) is 1.64. The molecular weight excluding hydrogens is 390 g/mol. The fourth-order valence-electron chi connectivity index (χ4n) is 3.03. The Morgan fingerprint density at radius 2 is 1.83 bits per heavy atom. The molecule has 1 aliphatic rings. The molecule has 9 heteroatoms. The zero-order valence-electron chi connectivity index (χ0n) is 16.5. The monoisotopic (exact) mass is 411 g/mol. The van der Waals surface area contributed by atoms with Crippen LogP contribution in [0.4, 0.5) is 10.5 Å². The third kappa shape index (κ3) is 4.40. The van der Waals surface area contributed by atoms with Crippen molar-refractivity contribution in [2.24, 2.45) is 0 Å². The van der Waals surface area contributed by atoms with E-state index in [9.17, 15) is 19.2 Å². The number of carbonyl (C=O) groups excluding carboxylic acids is 4. The molecule has 3 rings (SSSR count). The summed E-state index contributed by atoms with van der Waals surface area (Å²) in [7, 11) is 1.50. The molecule has 9 nitrogen and oxygen atoms in total. The van der Waals surface area contributed by atoms with E-state index < -0.39 is 42.5 Å². The van der Waals surface area contributed by atoms with E-state index in [4.69, 9.17) is 9.47 Å². The Morgan fingerprint density at radius 3 is 2.53 bits per heavy atom. The number of anilines is 1. The molecule has 4 amide bonds. The lowest BCUT2D eigenvalue weighted by atomic mass is 9.92. The quantitative estimate of drug-likeness (QED) is 0.529. The van der Waals surface area contributed by atoms with Gasteiger partial charge in [-0.15, -0.1) is 0 Å². The van der Waals surface area contributed by atoms with Crippen molar-refractivity contribution in [2.75, 3.05) is 25.6 Å². The van der Waals surface area contributed by atoms with Gasteiger partial charge in [-0.3, -0.25) is 19.3 Å². The van der Waals surface area contributed by atoms with Gasteiger partial charge in [0.1, 0.15) is 17.8 Å². The Balaban J connectivity index is 1.55. The zero-order valence-corrected chi connectivity index (χ0v) is 16.5. The summed E-state index contributed by atoms with van der Waals surface area (Å²) >= 11 is 0. The SMILES string of the molecule is COc1cccc(NC(=O)COC(=O)CN2C(=O)N[C@@](C)(c3ccccc3)C2=O)c1. The first-order chi connectivity index (χ1) is 14.3. The summed E-state index contributed by atoms with van der Waals surface area (Å²) in [6, 6.07) is 14.7. The van der Waals surface area contributed by atoms with Crippen LogP contribution in [-0.2, 0) is 24.7 Å². The van der Waals surface area contributed by atoms with Crippen molar-refractivity contribution in [1.82, 2.24) is 10.2 Å². The Bertz CT molecular complexity index is 978. The van der Waals surface area contributed by atoms with Gasteiger partial charge in [-0.1, -0.05) is 36.4 Å². The number of hydrogen-bond acceptors (Lipinski definition) is 6. The largest absolute Gasteiger partial charge is 0.497 e. The minimum atomic E-state index is -1.28. The molecule has 1 atom stereocenters. The lowest BCUT2D eigenvalue weighted by molar-refractivity contribution is -0.150. The Hall–Kier alpha value is -3.88. The van der Waals surface area contributed by atoms with Gasteiger partial charge in [0.25, 0.3) is 11.8 Å². The summed E-state index contributed by atoms with van der Waals surface area (Å²) in [6.45, 7) is 0.407. The van der Waals surface area contributed by atoms with Gasteiger partial charge >= 0.3 is 12.0 Å². The second-order valence-corrected chi connectivity index (χ2v) is 6.75. The lowest BCUT2D eigenvalue weighted by Gasteiger charge is -2.21. The summed E-state index contributed by atoms with van der Waals surface area (Å²) in [5.74, 6) is -1.46. The number of nitrogens with one attached hydrogen (secondary N) is 2. The molecule has 156 valence electrons. The van der Waals surface area contributed by atoms with E-state index in [-0.39, 0.29) is 0 Å². The third-order valence-electron chi connectivity index (χ3n) is 4.63. The second kappa shape index (κ2) is 8.64. The Labute approximate surface area is 172 Å². The number of hydrogen-bond donors (Lipinski definition) is 2. The minimum absolute atomic E-state index is 0.475. The standard InChI is InChI=1S/C21H21N3O6/c1-21(14-7-4-3-5-8-14)19(27)24(20(28)23-21)12-18(26)30-13-17(25)22-15-9-6-10-16(11-15)29-2/h3-11H,12-13H2,1-2H3,(H,22,25)(H,23,28)/t21-/m0/s1. The summed E-state index contributed by atoms with van der Waals surface area (Å²) in [5, 5.41) is 5.16. The van der Waals surface area contributed by atoms with Crippen molar-refractivity contribution in [3.8, 4) is 5.75 Å². The smallest absolute Gasteiger partial charge is 0.326 e. The first-order valence-corrected chi connectivity index (χ1v) is 9.12. The highest BCUT2D eigenvalue weighted by Gasteiger charge is 2.49. The summed E-state index contributed by atoms with van der Waals surface area (Å²) in [5.41, 5.74) is -0.206. The van der Waals surface area contributed by atoms with Gasteiger partial charge < -0.3 is 20.1 Å². The van der Waals surface area contributed by atoms with Crippen LogP contribution < -0.4 is 15.4 Å². The number of imide groups is 1. The second-order valence-electron chi connectivity index (χ2n) is 6.75. The molecule has 0 aromatic heterocycles. The van der Waals surface area contributed by atoms with E-state index in [1.807, 2.05) is 0 Å². The van der Waals surface area contributed by atoms with E-state index in [0.717, 1.165) is 4.90 Å². The number of methoxy groups -OCH3 is 1. The molecule has 2 N–H and O–H groups in total.